The fraction of sp³-hybridized carbons (Fsp3) is 0.182. The van der Waals surface area contributed by atoms with Crippen LogP contribution in [0, 0.1) is 3.57 Å². The van der Waals surface area contributed by atoms with E-state index in [1.54, 1.807) is 0 Å². The highest BCUT2D eigenvalue weighted by molar-refractivity contribution is 14.1. The number of amides is 1. The van der Waals surface area contributed by atoms with Gasteiger partial charge in [-0.1, -0.05) is 23.2 Å². The maximum absolute atomic E-state index is 12.0. The van der Waals surface area contributed by atoms with Gasteiger partial charge in [0.05, 0.1) is 17.0 Å². The third kappa shape index (κ3) is 4.50. The number of hydrogen-bond acceptors (Lipinski definition) is 3. The van der Waals surface area contributed by atoms with Crippen molar-refractivity contribution in [2.45, 2.75) is 12.5 Å². The average molecular weight is 432 g/mol. The Balaban J connectivity index is 3.00. The number of carbonyl (C=O) groups is 3. The molecule has 0 aromatic heterocycles. The van der Waals surface area contributed by atoms with E-state index in [0.717, 1.165) is 0 Å². The van der Waals surface area contributed by atoms with Crippen molar-refractivity contribution < 1.29 is 24.6 Å². The molecular weight excluding hydrogens is 424 g/mol. The third-order valence-electron chi connectivity index (χ3n) is 2.22. The minimum Gasteiger partial charge on any atom is -0.481 e. The standard InChI is InChI=1S/C11H8Cl2INO5/c12-4-1-5(9(14)6(13)2-4)10(18)15-7(11(19)20)3-8(16)17/h1-2,7H,3H2,(H,15,18)(H,16,17)(H,19,20)/t7-/m0/s1. The number of carbonyl (C=O) groups excluding carboxylic acids is 1. The Bertz CT molecular complexity index is 578. The molecule has 1 rings (SSSR count). The van der Waals surface area contributed by atoms with E-state index in [2.05, 4.69) is 5.32 Å². The van der Waals surface area contributed by atoms with Crippen molar-refractivity contribution in [1.29, 1.82) is 0 Å². The van der Waals surface area contributed by atoms with E-state index in [1.807, 2.05) is 22.6 Å². The Labute approximate surface area is 137 Å². The van der Waals surface area contributed by atoms with E-state index >= 15 is 0 Å². The number of halogens is 3. The maximum atomic E-state index is 12.0. The normalized spacial score (nSPS) is 11.8. The lowest BCUT2D eigenvalue weighted by Gasteiger charge is -2.13. The molecule has 1 amide bonds. The first-order valence-corrected chi connectivity index (χ1v) is 6.96. The summed E-state index contributed by atoms with van der Waals surface area (Å²) in [5.74, 6) is -3.53. The lowest BCUT2D eigenvalue weighted by Crippen LogP contribution is -2.42. The van der Waals surface area contributed by atoms with E-state index in [1.165, 1.54) is 12.1 Å². The third-order valence-corrected chi connectivity index (χ3v) is 4.22. The van der Waals surface area contributed by atoms with E-state index in [-0.39, 0.29) is 15.6 Å². The van der Waals surface area contributed by atoms with Gasteiger partial charge < -0.3 is 15.5 Å². The predicted molar refractivity (Wildman–Crippen MR) is 80.3 cm³/mol. The summed E-state index contributed by atoms with van der Waals surface area (Å²) < 4.78 is 0.394. The molecule has 0 aliphatic heterocycles. The molecule has 6 nitrogen and oxygen atoms in total. The summed E-state index contributed by atoms with van der Waals surface area (Å²) in [6.07, 6.45) is -0.730. The van der Waals surface area contributed by atoms with Crippen LogP contribution >= 0.6 is 45.8 Å². The van der Waals surface area contributed by atoms with E-state index < -0.39 is 30.3 Å². The zero-order chi connectivity index (χ0) is 15.4. The van der Waals surface area contributed by atoms with Gasteiger partial charge in [0.15, 0.2) is 0 Å². The van der Waals surface area contributed by atoms with Gasteiger partial charge in [0.1, 0.15) is 6.04 Å². The molecule has 1 aromatic rings. The lowest BCUT2D eigenvalue weighted by molar-refractivity contribution is -0.145. The van der Waals surface area contributed by atoms with Crippen LogP contribution in [-0.4, -0.2) is 34.1 Å². The SMILES string of the molecule is O=C(O)C[C@H](NC(=O)c1cc(Cl)cc(Cl)c1I)C(=O)O. The van der Waals surface area contributed by atoms with Gasteiger partial charge in [-0.05, 0) is 34.7 Å². The molecule has 0 radical (unpaired) electrons. The number of benzene rings is 1. The largest absolute Gasteiger partial charge is 0.481 e. The first-order valence-electron chi connectivity index (χ1n) is 5.12. The Kier molecular flexibility index (Phi) is 6.03. The van der Waals surface area contributed by atoms with Gasteiger partial charge in [-0.2, -0.15) is 0 Å². The van der Waals surface area contributed by atoms with Gasteiger partial charge in [-0.15, -0.1) is 0 Å². The van der Waals surface area contributed by atoms with Gasteiger partial charge in [0.25, 0.3) is 5.91 Å². The molecule has 108 valence electrons. The highest BCUT2D eigenvalue weighted by Crippen LogP contribution is 2.26. The molecule has 0 spiro atoms. The second kappa shape index (κ2) is 7.09. The van der Waals surface area contributed by atoms with Gasteiger partial charge >= 0.3 is 11.9 Å². The van der Waals surface area contributed by atoms with Crippen molar-refractivity contribution >= 4 is 63.6 Å². The highest BCUT2D eigenvalue weighted by atomic mass is 127. The van der Waals surface area contributed by atoms with Gasteiger partial charge in [-0.25, -0.2) is 4.79 Å². The molecule has 0 aliphatic rings. The second-order valence-electron chi connectivity index (χ2n) is 3.71. The van der Waals surface area contributed by atoms with Crippen molar-refractivity contribution in [3.8, 4) is 0 Å². The lowest BCUT2D eigenvalue weighted by atomic mass is 10.1. The summed E-state index contributed by atoms with van der Waals surface area (Å²) in [6.45, 7) is 0. The molecule has 20 heavy (non-hydrogen) atoms. The number of carboxylic acid groups (broad SMARTS) is 2. The van der Waals surface area contributed by atoms with Gasteiger partial charge in [0.2, 0.25) is 0 Å². The Morgan fingerprint density at radius 2 is 1.85 bits per heavy atom. The van der Waals surface area contributed by atoms with Crippen molar-refractivity contribution in [3.05, 3.63) is 31.3 Å². The number of nitrogens with one attached hydrogen (secondary N) is 1. The summed E-state index contributed by atoms with van der Waals surface area (Å²) in [4.78, 5) is 33.4. The molecule has 0 saturated carbocycles. The van der Waals surface area contributed by atoms with Crippen LogP contribution in [0.25, 0.3) is 0 Å². The van der Waals surface area contributed by atoms with E-state index in [4.69, 9.17) is 33.4 Å². The molecule has 0 aliphatic carbocycles. The van der Waals surface area contributed by atoms with Crippen LogP contribution in [0.4, 0.5) is 0 Å². The Morgan fingerprint density at radius 3 is 2.35 bits per heavy atom. The molecule has 3 N–H and O–H groups in total. The van der Waals surface area contributed by atoms with Gasteiger partial charge in [-0.3, -0.25) is 9.59 Å². The fourth-order valence-corrected chi connectivity index (χ4v) is 2.38. The van der Waals surface area contributed by atoms with Crippen LogP contribution in [0.15, 0.2) is 12.1 Å². The highest BCUT2D eigenvalue weighted by Gasteiger charge is 2.25. The second-order valence-corrected chi connectivity index (χ2v) is 5.63. The first kappa shape index (κ1) is 17.0. The number of aliphatic carboxylic acids is 2. The maximum Gasteiger partial charge on any atom is 0.326 e. The summed E-state index contributed by atoms with van der Waals surface area (Å²) in [6, 6.07) is 1.23. The molecule has 0 unspecified atom stereocenters. The first-order chi connectivity index (χ1) is 9.22. The molecule has 0 bridgehead atoms. The van der Waals surface area contributed by atoms with Crippen LogP contribution in [-0.2, 0) is 9.59 Å². The van der Waals surface area contributed by atoms with Crippen molar-refractivity contribution in [3.63, 3.8) is 0 Å². The molecule has 9 heteroatoms. The Morgan fingerprint density at radius 1 is 1.25 bits per heavy atom. The van der Waals surface area contributed by atoms with Crippen LogP contribution in [0.2, 0.25) is 10.0 Å². The zero-order valence-electron chi connectivity index (χ0n) is 9.69. The Hall–Kier alpha value is -1.06. The van der Waals surface area contributed by atoms with E-state index in [0.29, 0.717) is 3.57 Å². The predicted octanol–water partition coefficient (Wildman–Crippen LogP) is 2.26. The minimum absolute atomic E-state index is 0.0831. The van der Waals surface area contributed by atoms with Crippen LogP contribution < -0.4 is 5.32 Å². The number of hydrogen-bond donors (Lipinski definition) is 3. The number of carboxylic acids is 2. The molecule has 0 fully saturated rings. The smallest absolute Gasteiger partial charge is 0.326 e. The quantitative estimate of drug-likeness (QED) is 0.490. The van der Waals surface area contributed by atoms with Crippen LogP contribution in [0.3, 0.4) is 0 Å². The van der Waals surface area contributed by atoms with Crippen molar-refractivity contribution in [2.24, 2.45) is 0 Å². The number of rotatable bonds is 5. The summed E-state index contributed by atoms with van der Waals surface area (Å²) in [7, 11) is 0. The molecule has 1 atom stereocenters. The van der Waals surface area contributed by atoms with Crippen molar-refractivity contribution in [1.82, 2.24) is 5.32 Å². The average Bonchev–Trinajstić information content (AvgIpc) is 2.32. The topological polar surface area (TPSA) is 104 Å². The molecule has 1 aromatic carbocycles. The summed E-state index contributed by atoms with van der Waals surface area (Å²) in [5.41, 5.74) is 0.0831. The molecule has 0 heterocycles. The fourth-order valence-electron chi connectivity index (χ4n) is 1.33. The molecular formula is C11H8Cl2INO5. The van der Waals surface area contributed by atoms with Crippen molar-refractivity contribution in [2.75, 3.05) is 0 Å². The summed E-state index contributed by atoms with van der Waals surface area (Å²) in [5, 5.41) is 20.0. The zero-order valence-corrected chi connectivity index (χ0v) is 13.4. The molecule has 0 saturated heterocycles. The summed E-state index contributed by atoms with van der Waals surface area (Å²) >= 11 is 13.4. The van der Waals surface area contributed by atoms with Crippen LogP contribution in [0.5, 0.6) is 0 Å². The van der Waals surface area contributed by atoms with Gasteiger partial charge in [0, 0.05) is 8.59 Å². The monoisotopic (exact) mass is 431 g/mol. The minimum atomic E-state index is -1.53. The van der Waals surface area contributed by atoms with Crippen LogP contribution in [0.1, 0.15) is 16.8 Å². The van der Waals surface area contributed by atoms with E-state index in [9.17, 15) is 14.4 Å².